The van der Waals surface area contributed by atoms with E-state index in [4.69, 9.17) is 0 Å². The SMILES string of the molecule is C=CCNC(=O)NC(=O)CN1CCC(NC)CC1. The molecule has 0 unspecified atom stereocenters. The highest BCUT2D eigenvalue weighted by atomic mass is 16.2. The van der Waals surface area contributed by atoms with E-state index >= 15 is 0 Å². The molecule has 0 bridgehead atoms. The summed E-state index contributed by atoms with van der Waals surface area (Å²) in [6.07, 6.45) is 3.63. The Kier molecular flexibility index (Phi) is 6.38. The van der Waals surface area contributed by atoms with Crippen LogP contribution in [0.15, 0.2) is 12.7 Å². The fraction of sp³-hybridized carbons (Fsp3) is 0.667. The Labute approximate surface area is 108 Å². The average molecular weight is 254 g/mol. The summed E-state index contributed by atoms with van der Waals surface area (Å²) in [5, 5.41) is 8.02. The summed E-state index contributed by atoms with van der Waals surface area (Å²) in [6, 6.07) is 0.0743. The predicted molar refractivity (Wildman–Crippen MR) is 70.3 cm³/mol. The van der Waals surface area contributed by atoms with E-state index < -0.39 is 6.03 Å². The first kappa shape index (κ1) is 14.7. The summed E-state index contributed by atoms with van der Waals surface area (Å²) < 4.78 is 0. The van der Waals surface area contributed by atoms with Crippen molar-refractivity contribution in [1.82, 2.24) is 20.9 Å². The lowest BCUT2D eigenvalue weighted by molar-refractivity contribution is -0.121. The van der Waals surface area contributed by atoms with E-state index in [0.29, 0.717) is 12.6 Å². The maximum absolute atomic E-state index is 11.6. The lowest BCUT2D eigenvalue weighted by atomic mass is 10.1. The first-order valence-corrected chi connectivity index (χ1v) is 6.24. The third kappa shape index (κ3) is 5.29. The number of hydrogen-bond donors (Lipinski definition) is 3. The van der Waals surface area contributed by atoms with Gasteiger partial charge in [-0.05, 0) is 19.9 Å². The van der Waals surface area contributed by atoms with Crippen LogP contribution in [0, 0.1) is 0 Å². The average Bonchev–Trinajstić information content (AvgIpc) is 2.37. The number of urea groups is 1. The number of amides is 3. The number of rotatable bonds is 5. The highest BCUT2D eigenvalue weighted by Crippen LogP contribution is 2.08. The van der Waals surface area contributed by atoms with Gasteiger partial charge in [0.25, 0.3) is 0 Å². The summed E-state index contributed by atoms with van der Waals surface area (Å²) in [5.41, 5.74) is 0. The van der Waals surface area contributed by atoms with E-state index in [1.807, 2.05) is 7.05 Å². The number of nitrogens with zero attached hydrogens (tertiary/aromatic N) is 1. The van der Waals surface area contributed by atoms with Crippen molar-refractivity contribution in [3.8, 4) is 0 Å². The molecule has 0 atom stereocenters. The Bertz CT molecular complexity index is 298. The van der Waals surface area contributed by atoms with Gasteiger partial charge in [0, 0.05) is 25.7 Å². The molecule has 0 saturated carbocycles. The van der Waals surface area contributed by atoms with Gasteiger partial charge in [0.05, 0.1) is 6.54 Å². The third-order valence-corrected chi connectivity index (χ3v) is 3.02. The van der Waals surface area contributed by atoms with Gasteiger partial charge in [-0.15, -0.1) is 6.58 Å². The normalized spacial score (nSPS) is 17.2. The Morgan fingerprint density at radius 1 is 1.39 bits per heavy atom. The van der Waals surface area contributed by atoms with E-state index in [0.717, 1.165) is 25.9 Å². The minimum atomic E-state index is -0.468. The summed E-state index contributed by atoms with van der Waals surface area (Å²) in [4.78, 5) is 24.9. The van der Waals surface area contributed by atoms with Crippen LogP contribution in [-0.2, 0) is 4.79 Å². The van der Waals surface area contributed by atoms with Crippen molar-refractivity contribution in [2.24, 2.45) is 0 Å². The number of piperidine rings is 1. The van der Waals surface area contributed by atoms with Crippen molar-refractivity contribution in [3.63, 3.8) is 0 Å². The van der Waals surface area contributed by atoms with Gasteiger partial charge in [-0.1, -0.05) is 6.08 Å². The van der Waals surface area contributed by atoms with E-state index in [1.54, 1.807) is 6.08 Å². The van der Waals surface area contributed by atoms with Crippen molar-refractivity contribution in [3.05, 3.63) is 12.7 Å². The van der Waals surface area contributed by atoms with Gasteiger partial charge in [0.15, 0.2) is 0 Å². The predicted octanol–water partition coefficient (Wildman–Crippen LogP) is -0.318. The van der Waals surface area contributed by atoms with Crippen molar-refractivity contribution in [2.45, 2.75) is 18.9 Å². The molecule has 1 aliphatic heterocycles. The number of hydrogen-bond acceptors (Lipinski definition) is 4. The molecule has 1 aliphatic rings. The molecule has 18 heavy (non-hydrogen) atoms. The Morgan fingerprint density at radius 2 is 2.06 bits per heavy atom. The van der Waals surface area contributed by atoms with Crippen LogP contribution in [0.25, 0.3) is 0 Å². The van der Waals surface area contributed by atoms with Crippen LogP contribution in [-0.4, -0.2) is 56.1 Å². The second kappa shape index (κ2) is 7.84. The Hall–Kier alpha value is -1.40. The molecule has 6 nitrogen and oxygen atoms in total. The number of nitrogens with one attached hydrogen (secondary N) is 3. The lowest BCUT2D eigenvalue weighted by Gasteiger charge is -2.31. The monoisotopic (exact) mass is 254 g/mol. The van der Waals surface area contributed by atoms with Crippen molar-refractivity contribution < 1.29 is 9.59 Å². The van der Waals surface area contributed by atoms with Gasteiger partial charge < -0.3 is 10.6 Å². The minimum Gasteiger partial charge on any atom is -0.334 e. The van der Waals surface area contributed by atoms with Crippen LogP contribution < -0.4 is 16.0 Å². The summed E-state index contributed by atoms with van der Waals surface area (Å²) in [7, 11) is 1.96. The molecular formula is C12H22N4O2. The number of imide groups is 1. The van der Waals surface area contributed by atoms with Crippen molar-refractivity contribution in [1.29, 1.82) is 0 Å². The summed E-state index contributed by atoms with van der Waals surface area (Å²) in [5.74, 6) is -0.264. The van der Waals surface area contributed by atoms with E-state index in [-0.39, 0.29) is 12.5 Å². The fourth-order valence-corrected chi connectivity index (χ4v) is 1.96. The van der Waals surface area contributed by atoms with Gasteiger partial charge in [-0.25, -0.2) is 4.79 Å². The standard InChI is InChI=1S/C12H22N4O2/c1-3-6-14-12(18)15-11(17)9-16-7-4-10(13-2)5-8-16/h3,10,13H,1,4-9H2,2H3,(H2,14,15,17,18). The van der Waals surface area contributed by atoms with E-state index in [2.05, 4.69) is 27.4 Å². The highest BCUT2D eigenvalue weighted by molar-refractivity contribution is 5.95. The molecule has 0 radical (unpaired) electrons. The number of carbonyl (C=O) groups excluding carboxylic acids is 2. The smallest absolute Gasteiger partial charge is 0.321 e. The highest BCUT2D eigenvalue weighted by Gasteiger charge is 2.20. The minimum absolute atomic E-state index is 0.264. The van der Waals surface area contributed by atoms with Crippen LogP contribution >= 0.6 is 0 Å². The Morgan fingerprint density at radius 3 is 2.61 bits per heavy atom. The van der Waals surface area contributed by atoms with Gasteiger partial charge in [-0.2, -0.15) is 0 Å². The van der Waals surface area contributed by atoms with Gasteiger partial charge in [0.1, 0.15) is 0 Å². The first-order valence-electron chi connectivity index (χ1n) is 6.24. The van der Waals surface area contributed by atoms with Crippen LogP contribution in [0.1, 0.15) is 12.8 Å². The topological polar surface area (TPSA) is 73.5 Å². The molecule has 0 aromatic rings. The molecule has 0 spiro atoms. The van der Waals surface area contributed by atoms with Crippen LogP contribution in [0.2, 0.25) is 0 Å². The summed E-state index contributed by atoms with van der Waals surface area (Å²) in [6.45, 7) is 5.87. The van der Waals surface area contributed by atoms with E-state index in [9.17, 15) is 9.59 Å². The molecule has 1 fully saturated rings. The molecule has 1 heterocycles. The third-order valence-electron chi connectivity index (χ3n) is 3.02. The molecule has 1 saturated heterocycles. The lowest BCUT2D eigenvalue weighted by Crippen LogP contribution is -2.48. The molecule has 0 aliphatic carbocycles. The zero-order valence-corrected chi connectivity index (χ0v) is 10.9. The fourth-order valence-electron chi connectivity index (χ4n) is 1.96. The largest absolute Gasteiger partial charge is 0.334 e. The molecule has 6 heteroatoms. The maximum atomic E-state index is 11.6. The molecule has 3 amide bonds. The molecule has 1 rings (SSSR count). The van der Waals surface area contributed by atoms with Gasteiger partial charge in [0.2, 0.25) is 5.91 Å². The molecule has 3 N–H and O–H groups in total. The second-order valence-electron chi connectivity index (χ2n) is 4.39. The molecule has 102 valence electrons. The molecular weight excluding hydrogens is 232 g/mol. The van der Waals surface area contributed by atoms with Crippen LogP contribution in [0.3, 0.4) is 0 Å². The van der Waals surface area contributed by atoms with Crippen LogP contribution in [0.5, 0.6) is 0 Å². The number of carbonyl (C=O) groups is 2. The van der Waals surface area contributed by atoms with Gasteiger partial charge in [-0.3, -0.25) is 15.0 Å². The maximum Gasteiger partial charge on any atom is 0.321 e. The molecule has 0 aromatic carbocycles. The number of likely N-dealkylation sites (tertiary alicyclic amines) is 1. The zero-order valence-electron chi connectivity index (χ0n) is 10.9. The quantitative estimate of drug-likeness (QED) is 0.588. The summed E-state index contributed by atoms with van der Waals surface area (Å²) >= 11 is 0. The second-order valence-corrected chi connectivity index (χ2v) is 4.39. The zero-order chi connectivity index (χ0) is 13.4. The van der Waals surface area contributed by atoms with E-state index in [1.165, 1.54) is 0 Å². The van der Waals surface area contributed by atoms with Crippen molar-refractivity contribution in [2.75, 3.05) is 33.2 Å². The first-order chi connectivity index (χ1) is 8.65. The van der Waals surface area contributed by atoms with Gasteiger partial charge >= 0.3 is 6.03 Å². The molecule has 0 aromatic heterocycles. The Balaban J connectivity index is 2.20. The van der Waals surface area contributed by atoms with Crippen LogP contribution in [0.4, 0.5) is 4.79 Å². The van der Waals surface area contributed by atoms with Crippen molar-refractivity contribution >= 4 is 11.9 Å².